The molecule has 12 heteroatoms. The Labute approximate surface area is 231 Å². The van der Waals surface area contributed by atoms with Crippen molar-refractivity contribution in [2.75, 3.05) is 10.6 Å². The molecule has 0 aliphatic carbocycles. The Morgan fingerprint density at radius 3 is 1.51 bits per heavy atom. The number of non-ortho nitro benzene ring substituents is 1. The van der Waals surface area contributed by atoms with Gasteiger partial charge < -0.3 is 26.0 Å². The van der Waals surface area contributed by atoms with Gasteiger partial charge in [-0.3, -0.25) is 19.7 Å². The number of hydrogen-bond acceptors (Lipinski definition) is 7. The fourth-order valence-electron chi connectivity index (χ4n) is 3.97. The van der Waals surface area contributed by atoms with Crippen LogP contribution in [0.3, 0.4) is 0 Å². The Bertz CT molecular complexity index is 1680. The number of aromatic carboxylic acids is 2. The summed E-state index contributed by atoms with van der Waals surface area (Å²) in [5.74, 6) is -4.45. The fourth-order valence-corrected chi connectivity index (χ4v) is 3.97. The number of amides is 2. The number of nitrogens with zero attached hydrogens (tertiary/aromatic N) is 1. The average Bonchev–Trinajstić information content (AvgIpc) is 2.94. The van der Waals surface area contributed by atoms with Crippen molar-refractivity contribution < 1.29 is 39.4 Å². The second-order valence-corrected chi connectivity index (χ2v) is 8.81. The molecule has 2 amide bonds. The number of rotatable bonds is 9. The zero-order chi connectivity index (χ0) is 29.7. The summed E-state index contributed by atoms with van der Waals surface area (Å²) in [6, 6.07) is 20.1. The third-order valence-electron chi connectivity index (χ3n) is 6.00. The summed E-state index contributed by atoms with van der Waals surface area (Å²) in [5, 5.41) is 44.3. The molecule has 0 saturated carbocycles. The lowest BCUT2D eigenvalue weighted by Crippen LogP contribution is -2.16. The van der Waals surface area contributed by atoms with Gasteiger partial charge in [-0.05, 0) is 66.1 Å². The number of hydrogen-bond donors (Lipinski definition) is 5. The van der Waals surface area contributed by atoms with E-state index in [4.69, 9.17) is 0 Å². The number of carbonyl (C=O) groups excluding carboxylic acids is 2. The Hall–Kier alpha value is -6.04. The van der Waals surface area contributed by atoms with Gasteiger partial charge in [-0.25, -0.2) is 9.59 Å². The molecule has 0 aliphatic rings. The number of carboxylic acids is 2. The summed E-state index contributed by atoms with van der Waals surface area (Å²) >= 11 is 0. The van der Waals surface area contributed by atoms with Crippen molar-refractivity contribution in [1.29, 1.82) is 0 Å². The van der Waals surface area contributed by atoms with Crippen LogP contribution in [0.5, 0.6) is 5.75 Å². The highest BCUT2D eigenvalue weighted by atomic mass is 16.6. The number of aromatic hydroxyl groups is 1. The van der Waals surface area contributed by atoms with Crippen LogP contribution in [-0.2, 0) is 6.42 Å². The molecule has 0 aromatic heterocycles. The van der Waals surface area contributed by atoms with E-state index in [1.807, 2.05) is 0 Å². The van der Waals surface area contributed by atoms with Crippen LogP contribution in [0.2, 0.25) is 0 Å². The van der Waals surface area contributed by atoms with E-state index < -0.39 is 39.9 Å². The molecular weight excluding hydrogens is 534 g/mol. The van der Waals surface area contributed by atoms with Gasteiger partial charge in [0.15, 0.2) is 0 Å². The molecule has 0 unspecified atom stereocenters. The molecular formula is C29H21N3O9. The first kappa shape index (κ1) is 28.0. The molecule has 0 heterocycles. The number of phenols is 1. The SMILES string of the molecule is O=C(O)c1cc(O)ccc1C(=O)Nc1ccc(Cc2ccc(NC(=O)c3ccc([N+](=O)[O-])cc3C(=O)O)cc2)cc1. The molecule has 0 bridgehead atoms. The Morgan fingerprint density at radius 2 is 1.07 bits per heavy atom. The van der Waals surface area contributed by atoms with Crippen molar-refractivity contribution in [1.82, 2.24) is 0 Å². The molecule has 4 aromatic rings. The normalized spacial score (nSPS) is 10.4. The minimum atomic E-state index is -1.47. The predicted octanol–water partition coefficient (Wildman–Crippen LogP) is 4.79. The van der Waals surface area contributed by atoms with Gasteiger partial charge in [0.25, 0.3) is 17.5 Å². The summed E-state index contributed by atoms with van der Waals surface area (Å²) in [5.41, 5.74) is 1.04. The lowest BCUT2D eigenvalue weighted by molar-refractivity contribution is -0.384. The molecule has 0 saturated heterocycles. The standard InChI is InChI=1S/C29H21N3O9/c33-21-10-12-23(25(15-21)29(38)39)27(35)31-19-7-3-17(4-8-19)13-16-1-5-18(6-2-16)30-26(34)22-11-9-20(32(40)41)14-24(22)28(36)37/h1-12,14-15,33H,13H2,(H,30,34)(H,31,35)(H,36,37)(H,38,39). The van der Waals surface area contributed by atoms with E-state index in [9.17, 15) is 44.6 Å². The Kier molecular flexibility index (Phi) is 8.04. The maximum absolute atomic E-state index is 12.6. The first-order valence-corrected chi connectivity index (χ1v) is 11.9. The van der Waals surface area contributed by atoms with E-state index in [0.717, 1.165) is 35.4 Å². The smallest absolute Gasteiger partial charge is 0.336 e. The van der Waals surface area contributed by atoms with Gasteiger partial charge in [-0.2, -0.15) is 0 Å². The number of nitro groups is 1. The van der Waals surface area contributed by atoms with Crippen molar-refractivity contribution in [3.8, 4) is 5.75 Å². The van der Waals surface area contributed by atoms with Crippen molar-refractivity contribution in [2.45, 2.75) is 6.42 Å². The van der Waals surface area contributed by atoms with Crippen LogP contribution < -0.4 is 10.6 Å². The first-order valence-electron chi connectivity index (χ1n) is 11.9. The lowest BCUT2D eigenvalue weighted by atomic mass is 10.0. The topological polar surface area (TPSA) is 196 Å². The van der Waals surface area contributed by atoms with Gasteiger partial charge in [0.05, 0.1) is 27.2 Å². The number of carboxylic acid groups (broad SMARTS) is 2. The van der Waals surface area contributed by atoms with Gasteiger partial charge in [-0.15, -0.1) is 0 Å². The van der Waals surface area contributed by atoms with E-state index in [1.54, 1.807) is 48.5 Å². The van der Waals surface area contributed by atoms with Gasteiger partial charge in [-0.1, -0.05) is 24.3 Å². The summed E-state index contributed by atoms with van der Waals surface area (Å²) < 4.78 is 0. The highest BCUT2D eigenvalue weighted by Gasteiger charge is 2.21. The molecule has 0 atom stereocenters. The zero-order valence-corrected chi connectivity index (χ0v) is 21.0. The van der Waals surface area contributed by atoms with Crippen molar-refractivity contribution in [3.05, 3.63) is 128 Å². The van der Waals surface area contributed by atoms with Gasteiger partial charge in [0.2, 0.25) is 0 Å². The summed E-state index contributed by atoms with van der Waals surface area (Å²) in [4.78, 5) is 58.3. The number of nitrogens with one attached hydrogen (secondary N) is 2. The Morgan fingerprint density at radius 1 is 0.634 bits per heavy atom. The molecule has 12 nitrogen and oxygen atoms in total. The van der Waals surface area contributed by atoms with Crippen LogP contribution in [0.15, 0.2) is 84.9 Å². The van der Waals surface area contributed by atoms with Gasteiger partial charge in [0.1, 0.15) is 5.75 Å². The van der Waals surface area contributed by atoms with Crippen LogP contribution in [0.25, 0.3) is 0 Å². The minimum absolute atomic E-state index is 0.0979. The monoisotopic (exact) mass is 555 g/mol. The second-order valence-electron chi connectivity index (χ2n) is 8.81. The van der Waals surface area contributed by atoms with Crippen LogP contribution in [0, 0.1) is 10.1 Å². The highest BCUT2D eigenvalue weighted by Crippen LogP contribution is 2.22. The second kappa shape index (κ2) is 11.8. The molecule has 0 radical (unpaired) electrons. The van der Waals surface area contributed by atoms with Crippen LogP contribution >= 0.6 is 0 Å². The van der Waals surface area contributed by atoms with Crippen molar-refractivity contribution in [3.63, 3.8) is 0 Å². The van der Waals surface area contributed by atoms with Gasteiger partial charge in [0, 0.05) is 23.5 Å². The number of carbonyl (C=O) groups is 4. The molecule has 0 aliphatic heterocycles. The average molecular weight is 555 g/mol. The van der Waals surface area contributed by atoms with Gasteiger partial charge >= 0.3 is 11.9 Å². The maximum Gasteiger partial charge on any atom is 0.336 e. The molecule has 4 rings (SSSR count). The van der Waals surface area contributed by atoms with Crippen LogP contribution in [0.4, 0.5) is 17.1 Å². The number of anilines is 2. The largest absolute Gasteiger partial charge is 0.508 e. The summed E-state index contributed by atoms with van der Waals surface area (Å²) in [6.07, 6.45) is 0.509. The number of nitro benzene ring substituents is 1. The number of benzene rings is 4. The van der Waals surface area contributed by atoms with Crippen molar-refractivity contribution >= 4 is 40.8 Å². The van der Waals surface area contributed by atoms with Crippen LogP contribution in [0.1, 0.15) is 52.6 Å². The van der Waals surface area contributed by atoms with E-state index in [0.29, 0.717) is 17.8 Å². The molecule has 41 heavy (non-hydrogen) atoms. The predicted molar refractivity (Wildman–Crippen MR) is 147 cm³/mol. The van der Waals surface area contributed by atoms with E-state index >= 15 is 0 Å². The van der Waals surface area contributed by atoms with E-state index in [2.05, 4.69) is 10.6 Å². The molecule has 5 N–H and O–H groups in total. The third-order valence-corrected chi connectivity index (χ3v) is 6.00. The maximum atomic E-state index is 12.6. The molecule has 4 aromatic carbocycles. The molecule has 0 fully saturated rings. The van der Waals surface area contributed by atoms with Crippen LogP contribution in [-0.4, -0.2) is 44.0 Å². The first-order chi connectivity index (χ1) is 19.5. The molecule has 0 spiro atoms. The third kappa shape index (κ3) is 6.70. The lowest BCUT2D eigenvalue weighted by Gasteiger charge is -2.10. The summed E-state index contributed by atoms with van der Waals surface area (Å²) in [7, 11) is 0. The molecule has 206 valence electrons. The number of phenolic OH excluding ortho intramolecular Hbond substituents is 1. The quantitative estimate of drug-likeness (QED) is 0.142. The minimum Gasteiger partial charge on any atom is -0.508 e. The zero-order valence-electron chi connectivity index (χ0n) is 21.0. The van der Waals surface area contributed by atoms with Crippen molar-refractivity contribution in [2.24, 2.45) is 0 Å². The summed E-state index contributed by atoms with van der Waals surface area (Å²) in [6.45, 7) is 0. The highest BCUT2D eigenvalue weighted by molar-refractivity contribution is 6.11. The van der Waals surface area contributed by atoms with E-state index in [1.165, 1.54) is 12.1 Å². The fraction of sp³-hybridized carbons (Fsp3) is 0.0345. The van der Waals surface area contributed by atoms with E-state index in [-0.39, 0.29) is 22.4 Å². The Balaban J connectivity index is 1.39.